The van der Waals surface area contributed by atoms with E-state index in [0.717, 1.165) is 0 Å². The summed E-state index contributed by atoms with van der Waals surface area (Å²) in [5.41, 5.74) is 1.51. The van der Waals surface area contributed by atoms with Crippen molar-refractivity contribution < 1.29 is 19.1 Å². The molecule has 0 saturated carbocycles. The Balaban J connectivity index is 1.52. The number of carbonyl (C=O) groups is 2. The Morgan fingerprint density at radius 1 is 0.867 bits per heavy atom. The fourth-order valence-electron chi connectivity index (χ4n) is 2.52. The second kappa shape index (κ2) is 10.0. The van der Waals surface area contributed by atoms with E-state index < -0.39 is 0 Å². The van der Waals surface area contributed by atoms with E-state index in [0.29, 0.717) is 33.5 Å². The third kappa shape index (κ3) is 5.65. The lowest BCUT2D eigenvalue weighted by Crippen LogP contribution is -2.20. The first kappa shape index (κ1) is 21.5. The highest BCUT2D eigenvalue weighted by Crippen LogP contribution is 2.29. The van der Waals surface area contributed by atoms with Crippen molar-refractivity contribution in [3.8, 4) is 11.5 Å². The first-order valence-electron chi connectivity index (χ1n) is 8.88. The highest BCUT2D eigenvalue weighted by molar-refractivity contribution is 6.44. The average Bonchev–Trinajstić information content (AvgIpc) is 2.76. The lowest BCUT2D eigenvalue weighted by Gasteiger charge is -2.10. The van der Waals surface area contributed by atoms with Crippen molar-refractivity contribution in [2.75, 3.05) is 24.4 Å². The SMILES string of the molecule is COc1ccc(NC(=O)c2ccc(OCC(=O)Nc3cccc(Cl)c3Cl)cc2)cc1. The number of hydrogen-bond donors (Lipinski definition) is 2. The van der Waals surface area contributed by atoms with Gasteiger partial charge in [0.05, 0.1) is 22.8 Å². The Morgan fingerprint density at radius 3 is 2.20 bits per heavy atom. The third-order valence-electron chi connectivity index (χ3n) is 4.06. The summed E-state index contributed by atoms with van der Waals surface area (Å²) < 4.78 is 10.5. The molecule has 0 fully saturated rings. The molecular weight excluding hydrogens is 427 g/mol. The summed E-state index contributed by atoms with van der Waals surface area (Å²) in [6.45, 7) is -0.222. The molecule has 0 atom stereocenters. The fourth-order valence-corrected chi connectivity index (χ4v) is 2.86. The number of carbonyl (C=O) groups excluding carboxylic acids is 2. The lowest BCUT2D eigenvalue weighted by molar-refractivity contribution is -0.118. The molecular formula is C22H18Cl2N2O4. The van der Waals surface area contributed by atoms with E-state index in [-0.39, 0.29) is 23.4 Å². The van der Waals surface area contributed by atoms with Crippen molar-refractivity contribution in [3.63, 3.8) is 0 Å². The van der Waals surface area contributed by atoms with Crippen LogP contribution in [0.5, 0.6) is 11.5 Å². The molecule has 30 heavy (non-hydrogen) atoms. The van der Waals surface area contributed by atoms with Crippen molar-refractivity contribution in [1.82, 2.24) is 0 Å². The van der Waals surface area contributed by atoms with E-state index in [1.165, 1.54) is 0 Å². The Labute approximate surface area is 183 Å². The molecule has 3 aromatic rings. The van der Waals surface area contributed by atoms with Crippen LogP contribution in [0, 0.1) is 0 Å². The lowest BCUT2D eigenvalue weighted by atomic mass is 10.2. The molecule has 154 valence electrons. The second-order valence-corrected chi connectivity index (χ2v) is 6.93. The highest BCUT2D eigenvalue weighted by atomic mass is 35.5. The predicted octanol–water partition coefficient (Wildman–Crippen LogP) is 5.27. The smallest absolute Gasteiger partial charge is 0.262 e. The van der Waals surface area contributed by atoms with Gasteiger partial charge in [0.25, 0.3) is 11.8 Å². The molecule has 0 aromatic heterocycles. The summed E-state index contributed by atoms with van der Waals surface area (Å²) in [6.07, 6.45) is 0. The van der Waals surface area contributed by atoms with E-state index in [4.69, 9.17) is 32.7 Å². The summed E-state index contributed by atoms with van der Waals surface area (Å²) in [6, 6.07) is 18.4. The zero-order valence-corrected chi connectivity index (χ0v) is 17.5. The van der Waals surface area contributed by atoms with Gasteiger partial charge in [-0.3, -0.25) is 9.59 Å². The number of rotatable bonds is 7. The molecule has 0 radical (unpaired) electrons. The minimum atomic E-state index is -0.388. The van der Waals surface area contributed by atoms with Crippen LogP contribution in [0.4, 0.5) is 11.4 Å². The van der Waals surface area contributed by atoms with Crippen LogP contribution in [0.1, 0.15) is 10.4 Å². The van der Waals surface area contributed by atoms with Gasteiger partial charge in [0.15, 0.2) is 6.61 Å². The van der Waals surface area contributed by atoms with Crippen molar-refractivity contribution in [2.24, 2.45) is 0 Å². The average molecular weight is 445 g/mol. The normalized spacial score (nSPS) is 10.2. The van der Waals surface area contributed by atoms with Crippen molar-refractivity contribution >= 4 is 46.4 Å². The second-order valence-electron chi connectivity index (χ2n) is 6.15. The number of amides is 2. The number of benzene rings is 3. The summed E-state index contributed by atoms with van der Waals surface area (Å²) in [5.74, 6) is 0.500. The monoisotopic (exact) mass is 444 g/mol. The first-order chi connectivity index (χ1) is 14.5. The minimum Gasteiger partial charge on any atom is -0.497 e. The molecule has 0 aliphatic heterocycles. The zero-order chi connectivity index (χ0) is 21.5. The number of ether oxygens (including phenoxy) is 2. The molecule has 0 aliphatic carbocycles. The standard InChI is InChI=1S/C22H18Cl2N2O4/c1-29-16-11-7-15(8-12-16)25-22(28)14-5-9-17(10-6-14)30-13-20(27)26-19-4-2-3-18(23)21(19)24/h2-12H,13H2,1H3,(H,25,28)(H,26,27). The summed E-state index contributed by atoms with van der Waals surface area (Å²) in [5, 5.41) is 6.04. The fraction of sp³-hybridized carbons (Fsp3) is 0.0909. The molecule has 0 saturated heterocycles. The molecule has 0 spiro atoms. The molecule has 6 nitrogen and oxygen atoms in total. The van der Waals surface area contributed by atoms with Crippen molar-refractivity contribution in [1.29, 1.82) is 0 Å². The maximum absolute atomic E-state index is 12.3. The highest BCUT2D eigenvalue weighted by Gasteiger charge is 2.10. The van der Waals surface area contributed by atoms with Crippen LogP contribution >= 0.6 is 23.2 Å². The third-order valence-corrected chi connectivity index (χ3v) is 4.88. The van der Waals surface area contributed by atoms with Gasteiger partial charge in [-0.1, -0.05) is 29.3 Å². The van der Waals surface area contributed by atoms with Gasteiger partial charge < -0.3 is 20.1 Å². The van der Waals surface area contributed by atoms with Crippen LogP contribution in [0.2, 0.25) is 10.0 Å². The van der Waals surface area contributed by atoms with Crippen LogP contribution in [-0.2, 0) is 4.79 Å². The van der Waals surface area contributed by atoms with Crippen molar-refractivity contribution in [2.45, 2.75) is 0 Å². The molecule has 0 unspecified atom stereocenters. The van der Waals surface area contributed by atoms with E-state index in [2.05, 4.69) is 10.6 Å². The number of halogens is 2. The largest absolute Gasteiger partial charge is 0.497 e. The number of hydrogen-bond acceptors (Lipinski definition) is 4. The van der Waals surface area contributed by atoms with Gasteiger partial charge in [-0.05, 0) is 60.7 Å². The number of anilines is 2. The van der Waals surface area contributed by atoms with E-state index in [1.807, 2.05) is 0 Å². The van der Waals surface area contributed by atoms with Gasteiger partial charge in [-0.2, -0.15) is 0 Å². The van der Waals surface area contributed by atoms with E-state index >= 15 is 0 Å². The molecule has 2 N–H and O–H groups in total. The summed E-state index contributed by atoms with van der Waals surface area (Å²) in [7, 11) is 1.58. The molecule has 0 bridgehead atoms. The maximum atomic E-state index is 12.3. The Kier molecular flexibility index (Phi) is 7.17. The molecule has 0 aliphatic rings. The molecule has 0 heterocycles. The van der Waals surface area contributed by atoms with Gasteiger partial charge in [-0.15, -0.1) is 0 Å². The Hall–Kier alpha value is -3.22. The van der Waals surface area contributed by atoms with E-state index in [9.17, 15) is 9.59 Å². The summed E-state index contributed by atoms with van der Waals surface area (Å²) in [4.78, 5) is 24.4. The molecule has 8 heteroatoms. The topological polar surface area (TPSA) is 76.7 Å². The van der Waals surface area contributed by atoms with Crippen LogP contribution in [0.25, 0.3) is 0 Å². The van der Waals surface area contributed by atoms with Crippen LogP contribution in [0.3, 0.4) is 0 Å². The van der Waals surface area contributed by atoms with Gasteiger partial charge in [0, 0.05) is 11.3 Å². The maximum Gasteiger partial charge on any atom is 0.262 e. The first-order valence-corrected chi connectivity index (χ1v) is 9.64. The van der Waals surface area contributed by atoms with Crippen LogP contribution in [0.15, 0.2) is 66.7 Å². The van der Waals surface area contributed by atoms with Gasteiger partial charge in [-0.25, -0.2) is 0 Å². The minimum absolute atomic E-state index is 0.222. The van der Waals surface area contributed by atoms with Crippen molar-refractivity contribution in [3.05, 3.63) is 82.3 Å². The van der Waals surface area contributed by atoms with Gasteiger partial charge >= 0.3 is 0 Å². The Morgan fingerprint density at radius 2 is 1.53 bits per heavy atom. The van der Waals surface area contributed by atoms with E-state index in [1.54, 1.807) is 73.8 Å². The van der Waals surface area contributed by atoms with Gasteiger partial charge in [0.2, 0.25) is 0 Å². The van der Waals surface area contributed by atoms with Crippen LogP contribution < -0.4 is 20.1 Å². The van der Waals surface area contributed by atoms with Crippen LogP contribution in [-0.4, -0.2) is 25.5 Å². The quantitative estimate of drug-likeness (QED) is 0.520. The molecule has 3 aromatic carbocycles. The summed E-state index contributed by atoms with van der Waals surface area (Å²) >= 11 is 12.0. The molecule has 2 amide bonds. The zero-order valence-electron chi connectivity index (χ0n) is 15.9. The Bertz CT molecular complexity index is 1040. The number of methoxy groups -OCH3 is 1. The van der Waals surface area contributed by atoms with Gasteiger partial charge in [0.1, 0.15) is 11.5 Å². The molecule has 3 rings (SSSR count). The predicted molar refractivity (Wildman–Crippen MR) is 118 cm³/mol. The number of nitrogens with one attached hydrogen (secondary N) is 2.